The number of halogens is 3. The molecule has 5 aromatic rings. The molecule has 0 radical (unpaired) electrons. The lowest BCUT2D eigenvalue weighted by Crippen LogP contribution is -2.18. The normalized spacial score (nSPS) is 17.1. The highest BCUT2D eigenvalue weighted by atomic mass is 19.1. The van der Waals surface area contributed by atoms with Crippen molar-refractivity contribution in [2.24, 2.45) is 0 Å². The van der Waals surface area contributed by atoms with Crippen LogP contribution in [-0.2, 0) is 4.74 Å². The number of anilines is 1. The highest BCUT2D eigenvalue weighted by Gasteiger charge is 2.23. The summed E-state index contributed by atoms with van der Waals surface area (Å²) >= 11 is 0. The van der Waals surface area contributed by atoms with Gasteiger partial charge in [-0.2, -0.15) is 0 Å². The number of hydrogen-bond acceptors (Lipinski definition) is 6. The Morgan fingerprint density at radius 2 is 1.83 bits per heavy atom. The number of nitrogens with zero attached hydrogens (tertiary/aromatic N) is 6. The highest BCUT2D eigenvalue weighted by molar-refractivity contribution is 5.83. The second-order valence-electron chi connectivity index (χ2n) is 8.80. The molecule has 3 aromatic heterocycles. The second kappa shape index (κ2) is 8.90. The predicted octanol–water partition coefficient (Wildman–Crippen LogP) is 5.45. The van der Waals surface area contributed by atoms with Gasteiger partial charge in [-0.25, -0.2) is 33.1 Å². The molecule has 8 nitrogen and oxygen atoms in total. The van der Waals surface area contributed by atoms with E-state index in [0.717, 1.165) is 25.3 Å². The summed E-state index contributed by atoms with van der Waals surface area (Å²) in [5.41, 5.74) is 2.25. The van der Waals surface area contributed by atoms with E-state index in [1.54, 1.807) is 6.33 Å². The topological polar surface area (TPSA) is 82.7 Å². The van der Waals surface area contributed by atoms with Crippen LogP contribution in [0, 0.1) is 17.5 Å². The SMILES string of the molecule is CC(Nc1ncnc2c1ncn2[C@@H]1CCCCO1)c1nc2ccc(F)cc2n1-c1cc(F)cc(F)c1. The summed E-state index contributed by atoms with van der Waals surface area (Å²) in [5.74, 6) is -1.09. The van der Waals surface area contributed by atoms with Gasteiger partial charge >= 0.3 is 0 Å². The van der Waals surface area contributed by atoms with Crippen LogP contribution in [0.4, 0.5) is 19.0 Å². The van der Waals surface area contributed by atoms with E-state index in [2.05, 4.69) is 25.3 Å². The van der Waals surface area contributed by atoms with Gasteiger partial charge in [0.1, 0.15) is 35.8 Å². The van der Waals surface area contributed by atoms with Crippen LogP contribution in [0.1, 0.15) is 44.3 Å². The molecule has 0 saturated carbocycles. The number of fused-ring (bicyclic) bond motifs is 2. The molecule has 6 rings (SSSR count). The fraction of sp³-hybridized carbons (Fsp3) is 0.280. The van der Waals surface area contributed by atoms with Crippen LogP contribution >= 0.6 is 0 Å². The molecular weight excluding hydrogens is 471 g/mol. The van der Waals surface area contributed by atoms with Crippen molar-refractivity contribution < 1.29 is 17.9 Å². The molecule has 2 atom stereocenters. The molecule has 2 aromatic carbocycles. The average molecular weight is 493 g/mol. The average Bonchev–Trinajstić information content (AvgIpc) is 3.46. The summed E-state index contributed by atoms with van der Waals surface area (Å²) in [5, 5.41) is 3.30. The van der Waals surface area contributed by atoms with Gasteiger partial charge < -0.3 is 10.1 Å². The zero-order valence-electron chi connectivity index (χ0n) is 19.3. The van der Waals surface area contributed by atoms with Gasteiger partial charge in [-0.3, -0.25) is 9.13 Å². The van der Waals surface area contributed by atoms with Gasteiger partial charge in [0, 0.05) is 18.7 Å². The van der Waals surface area contributed by atoms with Crippen LogP contribution in [0.25, 0.3) is 27.9 Å². The number of hydrogen-bond donors (Lipinski definition) is 1. The number of nitrogens with one attached hydrogen (secondary N) is 1. The lowest BCUT2D eigenvalue weighted by atomic mass is 10.2. The summed E-state index contributed by atoms with van der Waals surface area (Å²) in [6, 6.07) is 6.76. The monoisotopic (exact) mass is 493 g/mol. The Kier molecular flexibility index (Phi) is 5.56. The summed E-state index contributed by atoms with van der Waals surface area (Å²) in [6.45, 7) is 2.52. The Morgan fingerprint density at radius 3 is 2.61 bits per heavy atom. The van der Waals surface area contributed by atoms with Crippen molar-refractivity contribution in [1.82, 2.24) is 29.1 Å². The van der Waals surface area contributed by atoms with Gasteiger partial charge in [0.25, 0.3) is 0 Å². The summed E-state index contributed by atoms with van der Waals surface area (Å²) < 4.78 is 51.7. The summed E-state index contributed by atoms with van der Waals surface area (Å²) in [6.07, 6.45) is 5.97. The standard InChI is InChI=1S/C25H22F3N7O/c1-14(32-23-22-25(30-12-29-23)34(13-31-22)21-4-2-3-7-36-21)24-33-19-6-5-15(26)11-20(19)35(24)18-9-16(27)8-17(28)10-18/h5-6,8-14,21H,2-4,7H2,1H3,(H,29,30,32)/t14?,21-/m0/s1. The summed E-state index contributed by atoms with van der Waals surface area (Å²) in [7, 11) is 0. The molecule has 0 amide bonds. The number of aromatic nitrogens is 6. The van der Waals surface area contributed by atoms with E-state index >= 15 is 0 Å². The third kappa shape index (κ3) is 3.95. The molecule has 1 N–H and O–H groups in total. The van der Waals surface area contributed by atoms with E-state index in [9.17, 15) is 13.2 Å². The van der Waals surface area contributed by atoms with Crippen molar-refractivity contribution in [3.05, 3.63) is 72.3 Å². The molecule has 1 aliphatic rings. The molecule has 0 bridgehead atoms. The molecule has 0 spiro atoms. The second-order valence-corrected chi connectivity index (χ2v) is 8.80. The molecule has 184 valence electrons. The van der Waals surface area contributed by atoms with Crippen molar-refractivity contribution in [1.29, 1.82) is 0 Å². The smallest absolute Gasteiger partial charge is 0.167 e. The van der Waals surface area contributed by atoms with Crippen LogP contribution in [0.5, 0.6) is 0 Å². The highest BCUT2D eigenvalue weighted by Crippen LogP contribution is 2.31. The minimum absolute atomic E-state index is 0.133. The first-order chi connectivity index (χ1) is 17.5. The van der Waals surface area contributed by atoms with E-state index in [-0.39, 0.29) is 11.9 Å². The fourth-order valence-corrected chi connectivity index (χ4v) is 4.68. The molecule has 1 saturated heterocycles. The van der Waals surface area contributed by atoms with Crippen molar-refractivity contribution in [2.75, 3.05) is 11.9 Å². The number of imidazole rings is 2. The lowest BCUT2D eigenvalue weighted by molar-refractivity contribution is -0.0298. The van der Waals surface area contributed by atoms with Crippen LogP contribution in [0.15, 0.2) is 49.1 Å². The molecule has 0 aliphatic carbocycles. The third-order valence-electron chi connectivity index (χ3n) is 6.31. The molecule has 1 unspecified atom stereocenters. The molecule has 4 heterocycles. The predicted molar refractivity (Wildman–Crippen MR) is 127 cm³/mol. The molecule has 11 heteroatoms. The summed E-state index contributed by atoms with van der Waals surface area (Å²) in [4.78, 5) is 17.9. The van der Waals surface area contributed by atoms with Crippen molar-refractivity contribution in [3.8, 4) is 5.69 Å². The lowest BCUT2D eigenvalue weighted by Gasteiger charge is -2.23. The fourth-order valence-electron chi connectivity index (χ4n) is 4.68. The van der Waals surface area contributed by atoms with Crippen LogP contribution in [0.3, 0.4) is 0 Å². The Labute approximate surface area is 203 Å². The van der Waals surface area contributed by atoms with Gasteiger partial charge in [0.2, 0.25) is 0 Å². The quantitative estimate of drug-likeness (QED) is 0.350. The molecule has 1 fully saturated rings. The van der Waals surface area contributed by atoms with Crippen molar-refractivity contribution in [3.63, 3.8) is 0 Å². The van der Waals surface area contributed by atoms with Gasteiger partial charge in [-0.1, -0.05) is 0 Å². The van der Waals surface area contributed by atoms with Gasteiger partial charge in [0.05, 0.1) is 29.1 Å². The first-order valence-corrected chi connectivity index (χ1v) is 11.7. The van der Waals surface area contributed by atoms with Crippen LogP contribution in [0.2, 0.25) is 0 Å². The zero-order valence-corrected chi connectivity index (χ0v) is 19.3. The Hall–Kier alpha value is -3.99. The minimum atomic E-state index is -0.747. The zero-order chi connectivity index (χ0) is 24.8. The number of rotatable bonds is 5. The molecule has 1 aliphatic heterocycles. The first-order valence-electron chi connectivity index (χ1n) is 11.7. The van der Waals surface area contributed by atoms with E-state index in [4.69, 9.17) is 4.74 Å². The largest absolute Gasteiger partial charge is 0.358 e. The molecule has 36 heavy (non-hydrogen) atoms. The van der Waals surface area contributed by atoms with Gasteiger partial charge in [-0.05, 0) is 50.5 Å². The van der Waals surface area contributed by atoms with Gasteiger partial charge in [0.15, 0.2) is 17.0 Å². The Balaban J connectivity index is 1.42. The third-order valence-corrected chi connectivity index (χ3v) is 6.31. The maximum atomic E-state index is 14.1. The molecular formula is C25H22F3N7O. The Morgan fingerprint density at radius 1 is 1.00 bits per heavy atom. The van der Waals surface area contributed by atoms with Gasteiger partial charge in [-0.15, -0.1) is 0 Å². The van der Waals surface area contributed by atoms with E-state index in [1.165, 1.54) is 41.2 Å². The number of ether oxygens (including phenoxy) is 1. The van der Waals surface area contributed by atoms with E-state index in [0.29, 0.717) is 40.4 Å². The first kappa shape index (κ1) is 22.5. The van der Waals surface area contributed by atoms with Crippen LogP contribution < -0.4 is 5.32 Å². The van der Waals surface area contributed by atoms with Crippen LogP contribution in [-0.4, -0.2) is 35.7 Å². The maximum absolute atomic E-state index is 14.1. The van der Waals surface area contributed by atoms with Crippen molar-refractivity contribution in [2.45, 2.75) is 38.5 Å². The number of benzene rings is 2. The Bertz CT molecular complexity index is 1560. The maximum Gasteiger partial charge on any atom is 0.167 e. The van der Waals surface area contributed by atoms with E-state index < -0.39 is 23.5 Å². The minimum Gasteiger partial charge on any atom is -0.358 e. The van der Waals surface area contributed by atoms with Crippen molar-refractivity contribution >= 4 is 28.0 Å². The van der Waals surface area contributed by atoms with E-state index in [1.807, 2.05) is 11.5 Å².